The normalized spacial score (nSPS) is 17.4. The molecule has 1 aliphatic heterocycles. The Bertz CT molecular complexity index is 903. The Labute approximate surface area is 149 Å². The van der Waals surface area contributed by atoms with Crippen LogP contribution < -0.4 is 0 Å². The lowest BCUT2D eigenvalue weighted by molar-refractivity contribution is 0.0603. The van der Waals surface area contributed by atoms with Gasteiger partial charge in [0.15, 0.2) is 9.84 Å². The van der Waals surface area contributed by atoms with Gasteiger partial charge in [0.25, 0.3) is 5.91 Å². The van der Waals surface area contributed by atoms with E-state index < -0.39 is 9.84 Å². The number of carbonyl (C=O) groups excluding carboxylic acids is 1. The van der Waals surface area contributed by atoms with Gasteiger partial charge in [0.1, 0.15) is 0 Å². The molecule has 2 aromatic carbocycles. The molecule has 2 aromatic rings. The van der Waals surface area contributed by atoms with Crippen LogP contribution in [0.3, 0.4) is 0 Å². The maximum Gasteiger partial charge on any atom is 0.254 e. The molecule has 1 aliphatic rings. The third-order valence-corrected chi connectivity index (χ3v) is 5.84. The zero-order valence-electron chi connectivity index (χ0n) is 14.8. The van der Waals surface area contributed by atoms with Crippen LogP contribution in [0.4, 0.5) is 0 Å². The van der Waals surface area contributed by atoms with Crippen molar-refractivity contribution in [3.63, 3.8) is 0 Å². The van der Waals surface area contributed by atoms with Crippen LogP contribution in [0.5, 0.6) is 0 Å². The van der Waals surface area contributed by atoms with E-state index in [2.05, 4.69) is 26.0 Å². The summed E-state index contributed by atoms with van der Waals surface area (Å²) in [5.41, 5.74) is 2.90. The van der Waals surface area contributed by atoms with Crippen LogP contribution in [0.15, 0.2) is 53.4 Å². The molecule has 0 fully saturated rings. The van der Waals surface area contributed by atoms with Crippen molar-refractivity contribution in [3.05, 3.63) is 65.2 Å². The highest BCUT2D eigenvalue weighted by Gasteiger charge is 2.33. The molecule has 5 heteroatoms. The van der Waals surface area contributed by atoms with Gasteiger partial charge in [0.05, 0.1) is 10.9 Å². The van der Waals surface area contributed by atoms with Crippen molar-refractivity contribution < 1.29 is 13.2 Å². The number of fused-ring (bicyclic) bond motifs is 1. The second-order valence-corrected chi connectivity index (χ2v) is 8.95. The Kier molecular flexibility index (Phi) is 4.69. The van der Waals surface area contributed by atoms with E-state index in [1.54, 1.807) is 12.1 Å². The lowest BCUT2D eigenvalue weighted by Gasteiger charge is -2.40. The molecule has 0 radical (unpaired) electrons. The van der Waals surface area contributed by atoms with Gasteiger partial charge >= 0.3 is 0 Å². The highest BCUT2D eigenvalue weighted by atomic mass is 32.2. The van der Waals surface area contributed by atoms with Crippen molar-refractivity contribution >= 4 is 15.7 Å². The van der Waals surface area contributed by atoms with E-state index in [4.69, 9.17) is 0 Å². The first-order valence-electron chi connectivity index (χ1n) is 8.48. The number of carbonyl (C=O) groups is 1. The summed E-state index contributed by atoms with van der Waals surface area (Å²) < 4.78 is 23.6. The molecule has 4 nitrogen and oxygen atoms in total. The zero-order valence-corrected chi connectivity index (χ0v) is 15.6. The fourth-order valence-corrected chi connectivity index (χ4v) is 4.24. The summed E-state index contributed by atoms with van der Waals surface area (Å²) in [6.45, 7) is 4.86. The predicted octanol–water partition coefficient (Wildman–Crippen LogP) is 3.49. The van der Waals surface area contributed by atoms with E-state index >= 15 is 0 Å². The molecule has 1 heterocycles. The largest absolute Gasteiger partial charge is 0.331 e. The number of hydrogen-bond donors (Lipinski definition) is 0. The summed E-state index contributed by atoms with van der Waals surface area (Å²) in [4.78, 5) is 15.2. The fourth-order valence-electron chi connectivity index (χ4n) is 3.57. The Morgan fingerprint density at radius 1 is 1.12 bits per heavy atom. The summed E-state index contributed by atoms with van der Waals surface area (Å²) in [7, 11) is -3.34. The molecule has 0 N–H and O–H groups in total. The Hall–Kier alpha value is -2.14. The Morgan fingerprint density at radius 2 is 1.84 bits per heavy atom. The summed E-state index contributed by atoms with van der Waals surface area (Å²) in [6, 6.07) is 14.6. The van der Waals surface area contributed by atoms with Crippen LogP contribution >= 0.6 is 0 Å². The summed E-state index contributed by atoms with van der Waals surface area (Å²) in [5.74, 6) is 0.155. The minimum absolute atomic E-state index is 0.000611. The second-order valence-electron chi connectivity index (χ2n) is 6.94. The minimum Gasteiger partial charge on any atom is -0.331 e. The van der Waals surface area contributed by atoms with Crippen molar-refractivity contribution in [3.8, 4) is 0 Å². The Morgan fingerprint density at radius 3 is 2.52 bits per heavy atom. The molecule has 3 rings (SSSR count). The molecule has 0 saturated heterocycles. The smallest absolute Gasteiger partial charge is 0.254 e. The lowest BCUT2D eigenvalue weighted by atomic mass is 9.86. The van der Waals surface area contributed by atoms with E-state index in [0.29, 0.717) is 12.1 Å². The van der Waals surface area contributed by atoms with Gasteiger partial charge in [-0.2, -0.15) is 0 Å². The highest BCUT2D eigenvalue weighted by molar-refractivity contribution is 7.90. The summed E-state index contributed by atoms with van der Waals surface area (Å²) in [5, 5.41) is 0. The number of sulfone groups is 1. The van der Waals surface area contributed by atoms with Gasteiger partial charge < -0.3 is 4.90 Å². The fraction of sp³-hybridized carbons (Fsp3) is 0.350. The monoisotopic (exact) mass is 357 g/mol. The maximum absolute atomic E-state index is 13.1. The molecule has 1 amide bonds. The quantitative estimate of drug-likeness (QED) is 0.845. The van der Waals surface area contributed by atoms with Crippen LogP contribution in [-0.2, 0) is 16.3 Å². The first kappa shape index (κ1) is 17.7. The van der Waals surface area contributed by atoms with Crippen molar-refractivity contribution in [1.29, 1.82) is 0 Å². The van der Waals surface area contributed by atoms with Gasteiger partial charge in [-0.25, -0.2) is 8.42 Å². The molecular formula is C20H23NO3S. The van der Waals surface area contributed by atoms with Gasteiger partial charge in [-0.05, 0) is 41.7 Å². The van der Waals surface area contributed by atoms with Gasteiger partial charge in [-0.3, -0.25) is 4.79 Å². The van der Waals surface area contributed by atoms with E-state index in [1.165, 1.54) is 23.3 Å². The highest BCUT2D eigenvalue weighted by Crippen LogP contribution is 2.36. The number of nitrogens with zero attached hydrogens (tertiary/aromatic N) is 1. The third-order valence-electron chi connectivity index (χ3n) is 4.73. The first-order valence-corrected chi connectivity index (χ1v) is 10.4. The van der Waals surface area contributed by atoms with E-state index in [9.17, 15) is 13.2 Å². The van der Waals surface area contributed by atoms with Gasteiger partial charge in [-0.1, -0.05) is 44.2 Å². The topological polar surface area (TPSA) is 54.5 Å². The summed E-state index contributed by atoms with van der Waals surface area (Å²) >= 11 is 0. The minimum atomic E-state index is -3.34. The molecule has 0 spiro atoms. The molecular weight excluding hydrogens is 334 g/mol. The van der Waals surface area contributed by atoms with E-state index in [0.717, 1.165) is 12.7 Å². The van der Waals surface area contributed by atoms with Crippen molar-refractivity contribution in [2.75, 3.05) is 12.8 Å². The SMILES string of the molecule is CC(C)C1c2ccccc2CCN1C(=O)c1cccc(S(C)(=O)=O)c1. The first-order chi connectivity index (χ1) is 11.8. The van der Waals surface area contributed by atoms with E-state index in [-0.39, 0.29) is 22.8 Å². The second kappa shape index (κ2) is 6.64. The van der Waals surface area contributed by atoms with Crippen LogP contribution in [0.2, 0.25) is 0 Å². The Balaban J connectivity index is 2.00. The average molecular weight is 357 g/mol. The standard InChI is InChI=1S/C20H23NO3S/c1-14(2)19-18-10-5-4-7-15(18)11-12-21(19)20(22)16-8-6-9-17(13-16)25(3,23)24/h4-10,13-14,19H,11-12H2,1-3H3. The van der Waals surface area contributed by atoms with Gasteiger partial charge in [0, 0.05) is 18.4 Å². The van der Waals surface area contributed by atoms with Gasteiger partial charge in [-0.15, -0.1) is 0 Å². The van der Waals surface area contributed by atoms with Crippen LogP contribution in [-0.4, -0.2) is 32.0 Å². The third kappa shape index (κ3) is 3.47. The molecule has 0 aliphatic carbocycles. The van der Waals surface area contributed by atoms with Gasteiger partial charge in [0.2, 0.25) is 0 Å². The molecule has 0 aromatic heterocycles. The van der Waals surface area contributed by atoms with Crippen molar-refractivity contribution in [2.45, 2.75) is 31.2 Å². The van der Waals surface area contributed by atoms with E-state index in [1.807, 2.05) is 17.0 Å². The average Bonchev–Trinajstić information content (AvgIpc) is 2.59. The molecule has 0 bridgehead atoms. The lowest BCUT2D eigenvalue weighted by Crippen LogP contribution is -2.42. The molecule has 25 heavy (non-hydrogen) atoms. The molecule has 0 saturated carbocycles. The van der Waals surface area contributed by atoms with Crippen molar-refractivity contribution in [2.24, 2.45) is 5.92 Å². The zero-order chi connectivity index (χ0) is 18.2. The number of hydrogen-bond acceptors (Lipinski definition) is 3. The van der Waals surface area contributed by atoms with Crippen LogP contribution in [0.25, 0.3) is 0 Å². The van der Waals surface area contributed by atoms with Crippen LogP contribution in [0.1, 0.15) is 41.4 Å². The molecule has 1 unspecified atom stereocenters. The number of benzene rings is 2. The molecule has 1 atom stereocenters. The maximum atomic E-state index is 13.1. The van der Waals surface area contributed by atoms with Crippen molar-refractivity contribution in [1.82, 2.24) is 4.90 Å². The summed E-state index contributed by atoms with van der Waals surface area (Å²) in [6.07, 6.45) is 1.97. The number of rotatable bonds is 3. The molecule has 132 valence electrons. The van der Waals surface area contributed by atoms with Crippen LogP contribution in [0, 0.1) is 5.92 Å². The predicted molar refractivity (Wildman–Crippen MR) is 98.3 cm³/mol. The number of amides is 1.